The molecule has 0 aliphatic heterocycles. The summed E-state index contributed by atoms with van der Waals surface area (Å²) in [5.74, 6) is 0.810. The highest BCUT2D eigenvalue weighted by molar-refractivity contribution is 7.10. The molecule has 4 nitrogen and oxygen atoms in total. The minimum atomic E-state index is -1.38. The number of hydrogen-bond donors (Lipinski definition) is 1. The second kappa shape index (κ2) is 5.15. The molecule has 90 valence electrons. The molecule has 0 spiro atoms. The third kappa shape index (κ3) is 2.74. The highest BCUT2D eigenvalue weighted by atomic mass is 31.0. The Hall–Kier alpha value is -1.61. The summed E-state index contributed by atoms with van der Waals surface area (Å²) in [6.07, 6.45) is 0.275. The molecule has 0 saturated heterocycles. The van der Waals surface area contributed by atoms with Crippen molar-refractivity contribution in [2.75, 3.05) is 0 Å². The Balaban J connectivity index is 2.34. The lowest BCUT2D eigenvalue weighted by molar-refractivity contribution is 0.0842. The van der Waals surface area contributed by atoms with E-state index in [9.17, 15) is 4.39 Å². The van der Waals surface area contributed by atoms with Crippen LogP contribution in [0.5, 0.6) is 11.5 Å². The highest BCUT2D eigenvalue weighted by Gasteiger charge is 2.10. The average Bonchev–Trinajstić information content (AvgIpc) is 2.82. The molecule has 0 aliphatic rings. The van der Waals surface area contributed by atoms with Gasteiger partial charge in [-0.15, -0.1) is 0 Å². The summed E-state index contributed by atoms with van der Waals surface area (Å²) in [5, 5.41) is 6.70. The van der Waals surface area contributed by atoms with Crippen LogP contribution in [0.25, 0.3) is 11.3 Å². The minimum Gasteiger partial charge on any atom is -0.476 e. The third-order valence-corrected chi connectivity index (χ3v) is 2.43. The Kier molecular flexibility index (Phi) is 3.59. The zero-order chi connectivity index (χ0) is 12.3. The van der Waals surface area contributed by atoms with Crippen molar-refractivity contribution in [2.24, 2.45) is 0 Å². The summed E-state index contributed by atoms with van der Waals surface area (Å²) in [6.45, 7) is 1.31. The number of alkyl halides is 1. The van der Waals surface area contributed by atoms with E-state index >= 15 is 0 Å². The number of nitrogens with one attached hydrogen (secondary N) is 1. The molecule has 17 heavy (non-hydrogen) atoms. The van der Waals surface area contributed by atoms with E-state index in [1.54, 1.807) is 24.4 Å². The summed E-state index contributed by atoms with van der Waals surface area (Å²) in [7, 11) is 2.12. The van der Waals surface area contributed by atoms with Gasteiger partial charge in [-0.25, -0.2) is 4.39 Å². The maximum absolute atomic E-state index is 12.8. The number of halogens is 1. The van der Waals surface area contributed by atoms with Gasteiger partial charge in [0.1, 0.15) is 0 Å². The fourth-order valence-electron chi connectivity index (χ4n) is 1.46. The van der Waals surface area contributed by atoms with Crippen LogP contribution in [0.4, 0.5) is 4.39 Å². The first-order chi connectivity index (χ1) is 8.20. The topological polar surface area (TPSA) is 47.1 Å². The molecule has 2 aromatic rings. The standard InChI is InChI=1S/C11H12FN2O2P/c1-7(12)15-10-3-2-8(6-11(10)16-17)9-4-5-13-14-9/h2-7H,17H2,1H3,(H,13,14). The Morgan fingerprint density at radius 2 is 2.18 bits per heavy atom. The van der Waals surface area contributed by atoms with Crippen molar-refractivity contribution in [3.05, 3.63) is 30.5 Å². The van der Waals surface area contributed by atoms with Crippen molar-refractivity contribution >= 4 is 9.47 Å². The molecule has 0 saturated carbocycles. The molecule has 0 amide bonds. The molecule has 2 unspecified atom stereocenters. The van der Waals surface area contributed by atoms with Gasteiger partial charge in [0, 0.05) is 18.7 Å². The van der Waals surface area contributed by atoms with Gasteiger partial charge < -0.3 is 9.26 Å². The van der Waals surface area contributed by atoms with Gasteiger partial charge in [-0.2, -0.15) is 5.10 Å². The summed E-state index contributed by atoms with van der Waals surface area (Å²) >= 11 is 0. The maximum atomic E-state index is 12.8. The maximum Gasteiger partial charge on any atom is 0.236 e. The van der Waals surface area contributed by atoms with E-state index in [4.69, 9.17) is 9.26 Å². The molecular weight excluding hydrogens is 242 g/mol. The number of nitrogens with zero attached hydrogens (tertiary/aromatic N) is 1. The van der Waals surface area contributed by atoms with Crippen LogP contribution in [-0.2, 0) is 0 Å². The van der Waals surface area contributed by atoms with Gasteiger partial charge in [-0.05, 0) is 24.3 Å². The van der Waals surface area contributed by atoms with Gasteiger partial charge in [0.05, 0.1) is 15.2 Å². The van der Waals surface area contributed by atoms with E-state index in [0.717, 1.165) is 11.3 Å². The molecule has 1 aromatic carbocycles. The van der Waals surface area contributed by atoms with Gasteiger partial charge in [0.25, 0.3) is 0 Å². The zero-order valence-electron chi connectivity index (χ0n) is 9.18. The van der Waals surface area contributed by atoms with Crippen LogP contribution in [0.3, 0.4) is 0 Å². The fourth-order valence-corrected chi connectivity index (χ4v) is 1.64. The Morgan fingerprint density at radius 3 is 2.76 bits per heavy atom. The second-order valence-corrected chi connectivity index (χ2v) is 3.65. The molecule has 0 radical (unpaired) electrons. The van der Waals surface area contributed by atoms with E-state index in [-0.39, 0.29) is 0 Å². The number of ether oxygens (including phenoxy) is 1. The van der Waals surface area contributed by atoms with E-state index in [1.165, 1.54) is 6.92 Å². The monoisotopic (exact) mass is 254 g/mol. The molecule has 0 fully saturated rings. The van der Waals surface area contributed by atoms with E-state index < -0.39 is 6.36 Å². The van der Waals surface area contributed by atoms with Gasteiger partial charge >= 0.3 is 0 Å². The number of rotatable bonds is 4. The molecule has 1 heterocycles. The zero-order valence-corrected chi connectivity index (χ0v) is 10.3. The van der Waals surface area contributed by atoms with Crippen molar-refractivity contribution in [3.8, 4) is 22.8 Å². The fraction of sp³-hybridized carbons (Fsp3) is 0.182. The van der Waals surface area contributed by atoms with Gasteiger partial charge in [-0.1, -0.05) is 0 Å². The first-order valence-corrected chi connectivity index (χ1v) is 5.49. The first kappa shape index (κ1) is 11.9. The molecule has 2 atom stereocenters. The highest BCUT2D eigenvalue weighted by Crippen LogP contribution is 2.33. The molecule has 2 rings (SSSR count). The first-order valence-electron chi connectivity index (χ1n) is 5.02. The minimum absolute atomic E-state index is 0.360. The Morgan fingerprint density at radius 1 is 1.35 bits per heavy atom. The van der Waals surface area contributed by atoms with Crippen molar-refractivity contribution in [3.63, 3.8) is 0 Å². The summed E-state index contributed by atoms with van der Waals surface area (Å²) in [6, 6.07) is 7.04. The molecule has 0 aliphatic carbocycles. The smallest absolute Gasteiger partial charge is 0.236 e. The molecular formula is C11H12FN2O2P. The Bertz CT molecular complexity index is 488. The largest absolute Gasteiger partial charge is 0.476 e. The number of aromatic nitrogens is 2. The van der Waals surface area contributed by atoms with E-state index in [1.807, 2.05) is 6.07 Å². The predicted octanol–water partition coefficient (Wildman–Crippen LogP) is 2.94. The lowest BCUT2D eigenvalue weighted by atomic mass is 10.1. The summed E-state index contributed by atoms with van der Waals surface area (Å²) in [5.41, 5.74) is 1.74. The SMILES string of the molecule is CC(F)Oc1ccc(-c2ccn[nH]2)cc1OP. The number of benzene rings is 1. The van der Waals surface area contributed by atoms with Crippen LogP contribution in [0.15, 0.2) is 30.5 Å². The lowest BCUT2D eigenvalue weighted by Gasteiger charge is -2.12. The van der Waals surface area contributed by atoms with Crippen LogP contribution < -0.4 is 9.26 Å². The van der Waals surface area contributed by atoms with Crippen molar-refractivity contribution < 1.29 is 13.7 Å². The number of hydrogen-bond acceptors (Lipinski definition) is 3. The van der Waals surface area contributed by atoms with Gasteiger partial charge in [0.2, 0.25) is 6.36 Å². The average molecular weight is 254 g/mol. The van der Waals surface area contributed by atoms with E-state index in [2.05, 4.69) is 19.7 Å². The second-order valence-electron chi connectivity index (χ2n) is 3.41. The van der Waals surface area contributed by atoms with Gasteiger partial charge in [-0.3, -0.25) is 5.10 Å². The summed E-state index contributed by atoms with van der Waals surface area (Å²) in [4.78, 5) is 0. The number of aromatic amines is 1. The van der Waals surface area contributed by atoms with Gasteiger partial charge in [0.15, 0.2) is 11.5 Å². The van der Waals surface area contributed by atoms with Crippen LogP contribution in [-0.4, -0.2) is 16.6 Å². The van der Waals surface area contributed by atoms with Crippen LogP contribution in [0, 0.1) is 0 Å². The molecule has 0 bridgehead atoms. The quantitative estimate of drug-likeness (QED) is 0.853. The van der Waals surface area contributed by atoms with E-state index in [0.29, 0.717) is 11.5 Å². The summed E-state index contributed by atoms with van der Waals surface area (Å²) < 4.78 is 22.8. The third-order valence-electron chi connectivity index (χ3n) is 2.17. The van der Waals surface area contributed by atoms with Crippen LogP contribution >= 0.6 is 9.47 Å². The van der Waals surface area contributed by atoms with Crippen LogP contribution in [0.2, 0.25) is 0 Å². The van der Waals surface area contributed by atoms with Crippen molar-refractivity contribution in [1.29, 1.82) is 0 Å². The normalized spacial score (nSPS) is 12.2. The molecule has 1 N–H and O–H groups in total. The molecule has 6 heteroatoms. The number of H-pyrrole nitrogens is 1. The van der Waals surface area contributed by atoms with Crippen LogP contribution in [0.1, 0.15) is 6.92 Å². The Labute approximate surface area is 100 Å². The molecule has 1 aromatic heterocycles. The van der Waals surface area contributed by atoms with Crippen molar-refractivity contribution in [2.45, 2.75) is 13.3 Å². The van der Waals surface area contributed by atoms with Crippen molar-refractivity contribution in [1.82, 2.24) is 10.2 Å². The lowest BCUT2D eigenvalue weighted by Crippen LogP contribution is -2.04. The predicted molar refractivity (Wildman–Crippen MR) is 65.6 cm³/mol.